The predicted molar refractivity (Wildman–Crippen MR) is 93.1 cm³/mol. The zero-order valence-corrected chi connectivity index (χ0v) is 13.9. The number of nitrogens with zero attached hydrogens (tertiary/aromatic N) is 3. The number of ether oxygens (including phenoxy) is 1. The molecule has 0 saturated carbocycles. The standard InChI is InChI=1S/C18H22N4O2/c1-12-10-13(11-24-12)18(23)21-16-17(22-8-4-5-9-22)20-15-7-3-2-6-14(15)19-16/h2-3,6-7,12-13H,4-5,8-11H2,1H3,(H,19,21,23)/t12-,13+/m1/s1. The highest BCUT2D eigenvalue weighted by molar-refractivity contribution is 5.95. The molecule has 6 heteroatoms. The Hall–Kier alpha value is -2.21. The van der Waals surface area contributed by atoms with Crippen molar-refractivity contribution in [2.45, 2.75) is 32.3 Å². The molecule has 2 aliphatic heterocycles. The minimum atomic E-state index is -0.111. The summed E-state index contributed by atoms with van der Waals surface area (Å²) in [4.78, 5) is 24.2. The number of para-hydroxylation sites is 2. The zero-order chi connectivity index (χ0) is 16.5. The van der Waals surface area contributed by atoms with E-state index in [1.54, 1.807) is 0 Å². The number of fused-ring (bicyclic) bond motifs is 1. The second-order valence-corrected chi connectivity index (χ2v) is 6.64. The molecule has 3 heterocycles. The molecule has 6 nitrogen and oxygen atoms in total. The van der Waals surface area contributed by atoms with Gasteiger partial charge in [-0.15, -0.1) is 0 Å². The van der Waals surface area contributed by atoms with Crippen LogP contribution in [0.15, 0.2) is 24.3 Å². The molecule has 2 fully saturated rings. The highest BCUT2D eigenvalue weighted by atomic mass is 16.5. The van der Waals surface area contributed by atoms with Gasteiger partial charge < -0.3 is 15.0 Å². The SMILES string of the molecule is C[C@@H]1C[C@H](C(=O)Nc2nc3ccccc3nc2N2CCCC2)CO1. The topological polar surface area (TPSA) is 67.4 Å². The van der Waals surface area contributed by atoms with Crippen molar-refractivity contribution in [3.63, 3.8) is 0 Å². The molecular weight excluding hydrogens is 304 g/mol. The fourth-order valence-corrected chi connectivity index (χ4v) is 3.44. The molecule has 2 saturated heterocycles. The fraction of sp³-hybridized carbons (Fsp3) is 0.500. The first-order valence-electron chi connectivity index (χ1n) is 8.65. The molecule has 0 aliphatic carbocycles. The number of carbonyl (C=O) groups excluding carboxylic acids is 1. The van der Waals surface area contributed by atoms with E-state index in [9.17, 15) is 4.79 Å². The van der Waals surface area contributed by atoms with Crippen LogP contribution in [-0.4, -0.2) is 41.7 Å². The predicted octanol–water partition coefficient (Wildman–Crippen LogP) is 2.59. The van der Waals surface area contributed by atoms with E-state index in [4.69, 9.17) is 9.72 Å². The first kappa shape index (κ1) is 15.3. The van der Waals surface area contributed by atoms with Gasteiger partial charge in [-0.25, -0.2) is 9.97 Å². The molecule has 0 unspecified atom stereocenters. The molecule has 0 bridgehead atoms. The van der Waals surface area contributed by atoms with Crippen LogP contribution in [0.25, 0.3) is 11.0 Å². The first-order valence-corrected chi connectivity index (χ1v) is 8.65. The lowest BCUT2D eigenvalue weighted by molar-refractivity contribution is -0.119. The van der Waals surface area contributed by atoms with Crippen LogP contribution in [0, 0.1) is 5.92 Å². The van der Waals surface area contributed by atoms with Gasteiger partial charge in [0.15, 0.2) is 11.6 Å². The van der Waals surface area contributed by atoms with Crippen molar-refractivity contribution in [3.05, 3.63) is 24.3 Å². The van der Waals surface area contributed by atoms with Crippen LogP contribution in [-0.2, 0) is 9.53 Å². The second kappa shape index (κ2) is 6.36. The molecule has 126 valence electrons. The number of amides is 1. The van der Waals surface area contributed by atoms with Gasteiger partial charge in [0.1, 0.15) is 0 Å². The first-order chi connectivity index (χ1) is 11.7. The largest absolute Gasteiger partial charge is 0.378 e. The number of carbonyl (C=O) groups is 1. The van der Waals surface area contributed by atoms with Crippen LogP contribution in [0.3, 0.4) is 0 Å². The number of hydrogen-bond acceptors (Lipinski definition) is 5. The minimum Gasteiger partial charge on any atom is -0.378 e. The Morgan fingerprint density at radius 2 is 1.92 bits per heavy atom. The summed E-state index contributed by atoms with van der Waals surface area (Å²) in [5.74, 6) is 1.22. The Morgan fingerprint density at radius 3 is 2.58 bits per heavy atom. The van der Waals surface area contributed by atoms with Gasteiger partial charge >= 0.3 is 0 Å². The average molecular weight is 326 g/mol. The molecule has 1 N–H and O–H groups in total. The van der Waals surface area contributed by atoms with Crippen molar-refractivity contribution in [2.24, 2.45) is 5.92 Å². The maximum absolute atomic E-state index is 12.6. The average Bonchev–Trinajstić information content (AvgIpc) is 3.26. The van der Waals surface area contributed by atoms with Crippen molar-refractivity contribution in [1.82, 2.24) is 9.97 Å². The van der Waals surface area contributed by atoms with E-state index in [1.165, 1.54) is 0 Å². The monoisotopic (exact) mass is 326 g/mol. The Bertz CT molecular complexity index is 758. The van der Waals surface area contributed by atoms with Gasteiger partial charge in [-0.1, -0.05) is 12.1 Å². The Morgan fingerprint density at radius 1 is 1.21 bits per heavy atom. The smallest absolute Gasteiger partial charge is 0.231 e. The molecule has 0 radical (unpaired) electrons. The van der Waals surface area contributed by atoms with Gasteiger partial charge in [-0.05, 0) is 38.3 Å². The number of aromatic nitrogens is 2. The molecule has 1 amide bonds. The molecule has 1 aromatic heterocycles. The van der Waals surface area contributed by atoms with E-state index in [2.05, 4.69) is 15.2 Å². The summed E-state index contributed by atoms with van der Waals surface area (Å²) in [6.07, 6.45) is 3.19. The van der Waals surface area contributed by atoms with Crippen LogP contribution in [0.4, 0.5) is 11.6 Å². The van der Waals surface area contributed by atoms with Crippen molar-refractivity contribution in [1.29, 1.82) is 0 Å². The van der Waals surface area contributed by atoms with Crippen LogP contribution >= 0.6 is 0 Å². The minimum absolute atomic E-state index is 0.0237. The fourth-order valence-electron chi connectivity index (χ4n) is 3.44. The maximum atomic E-state index is 12.6. The van der Waals surface area contributed by atoms with Crippen molar-refractivity contribution in [2.75, 3.05) is 29.9 Å². The summed E-state index contributed by atoms with van der Waals surface area (Å²) in [7, 11) is 0. The van der Waals surface area contributed by atoms with Gasteiger partial charge in [0.2, 0.25) is 5.91 Å². The van der Waals surface area contributed by atoms with E-state index in [0.717, 1.165) is 49.2 Å². The van der Waals surface area contributed by atoms with Gasteiger partial charge in [0.05, 0.1) is 29.7 Å². The quantitative estimate of drug-likeness (QED) is 0.939. The van der Waals surface area contributed by atoms with E-state index in [1.807, 2.05) is 31.2 Å². The zero-order valence-electron chi connectivity index (χ0n) is 13.9. The van der Waals surface area contributed by atoms with Crippen molar-refractivity contribution >= 4 is 28.6 Å². The molecule has 2 aliphatic rings. The van der Waals surface area contributed by atoms with E-state index in [-0.39, 0.29) is 17.9 Å². The summed E-state index contributed by atoms with van der Waals surface area (Å²) in [5.41, 5.74) is 1.65. The number of hydrogen-bond donors (Lipinski definition) is 1. The van der Waals surface area contributed by atoms with Crippen molar-refractivity contribution in [3.8, 4) is 0 Å². The Balaban J connectivity index is 1.66. The van der Waals surface area contributed by atoms with Crippen LogP contribution in [0.1, 0.15) is 26.2 Å². The lowest BCUT2D eigenvalue weighted by Crippen LogP contribution is -2.27. The third kappa shape index (κ3) is 2.94. The number of nitrogens with one attached hydrogen (secondary N) is 1. The van der Waals surface area contributed by atoms with E-state index in [0.29, 0.717) is 12.4 Å². The third-order valence-electron chi connectivity index (χ3n) is 4.77. The molecule has 24 heavy (non-hydrogen) atoms. The summed E-state index contributed by atoms with van der Waals surface area (Å²) in [5, 5.41) is 3.01. The summed E-state index contributed by atoms with van der Waals surface area (Å²) in [6.45, 7) is 4.39. The van der Waals surface area contributed by atoms with Crippen LogP contribution in [0.5, 0.6) is 0 Å². The molecule has 2 aromatic rings. The number of benzene rings is 1. The summed E-state index contributed by atoms with van der Waals surface area (Å²) < 4.78 is 5.52. The molecule has 4 rings (SSSR count). The van der Waals surface area contributed by atoms with Gasteiger partial charge in [0, 0.05) is 13.1 Å². The maximum Gasteiger partial charge on any atom is 0.231 e. The van der Waals surface area contributed by atoms with Gasteiger partial charge in [0.25, 0.3) is 0 Å². The molecular formula is C18H22N4O2. The number of anilines is 2. The molecule has 1 aromatic carbocycles. The summed E-state index contributed by atoms with van der Waals surface area (Å²) in [6, 6.07) is 7.78. The Kier molecular flexibility index (Phi) is 4.06. The van der Waals surface area contributed by atoms with E-state index < -0.39 is 0 Å². The number of rotatable bonds is 3. The van der Waals surface area contributed by atoms with Gasteiger partial charge in [-0.3, -0.25) is 4.79 Å². The normalized spacial score (nSPS) is 23.8. The molecule has 0 spiro atoms. The lowest BCUT2D eigenvalue weighted by atomic mass is 10.1. The second-order valence-electron chi connectivity index (χ2n) is 6.64. The van der Waals surface area contributed by atoms with Gasteiger partial charge in [-0.2, -0.15) is 0 Å². The Labute approximate surface area is 141 Å². The highest BCUT2D eigenvalue weighted by Gasteiger charge is 2.30. The highest BCUT2D eigenvalue weighted by Crippen LogP contribution is 2.29. The van der Waals surface area contributed by atoms with Crippen LogP contribution in [0.2, 0.25) is 0 Å². The van der Waals surface area contributed by atoms with Crippen LogP contribution < -0.4 is 10.2 Å². The molecule has 2 atom stereocenters. The lowest BCUT2D eigenvalue weighted by Gasteiger charge is -2.20. The van der Waals surface area contributed by atoms with E-state index >= 15 is 0 Å². The summed E-state index contributed by atoms with van der Waals surface area (Å²) >= 11 is 0. The van der Waals surface area contributed by atoms with Crippen molar-refractivity contribution < 1.29 is 9.53 Å². The third-order valence-corrected chi connectivity index (χ3v) is 4.77.